The molecule has 1 aliphatic heterocycles. The molecule has 30 heavy (non-hydrogen) atoms. The molecule has 8 heteroatoms. The fourth-order valence-electron chi connectivity index (χ4n) is 3.30. The Balaban J connectivity index is 1.37. The quantitative estimate of drug-likeness (QED) is 0.440. The van der Waals surface area contributed by atoms with E-state index in [1.807, 2.05) is 43.3 Å². The van der Waals surface area contributed by atoms with E-state index < -0.39 is 0 Å². The maximum atomic E-state index is 5.91. The van der Waals surface area contributed by atoms with Crippen LogP contribution in [0.1, 0.15) is 37.4 Å². The second-order valence-electron chi connectivity index (χ2n) is 7.02. The molecule has 1 aromatic heterocycles. The van der Waals surface area contributed by atoms with E-state index >= 15 is 0 Å². The molecule has 0 unspecified atom stereocenters. The van der Waals surface area contributed by atoms with Gasteiger partial charge in [0.05, 0.1) is 19.0 Å². The molecule has 0 atom stereocenters. The Morgan fingerprint density at radius 3 is 2.50 bits per heavy atom. The van der Waals surface area contributed by atoms with Crippen LogP contribution in [0.2, 0.25) is 0 Å². The maximum absolute atomic E-state index is 5.91. The second kappa shape index (κ2) is 11.7. The van der Waals surface area contributed by atoms with Crippen LogP contribution in [-0.2, 0) is 9.68 Å². The zero-order valence-corrected chi connectivity index (χ0v) is 17.6. The van der Waals surface area contributed by atoms with Crippen LogP contribution in [0.5, 0.6) is 5.75 Å². The van der Waals surface area contributed by atoms with E-state index in [1.165, 1.54) is 7.11 Å². The first-order valence-electron chi connectivity index (χ1n) is 10.3. The van der Waals surface area contributed by atoms with Crippen LogP contribution in [0.3, 0.4) is 0 Å². The monoisotopic (exact) mass is 411 g/mol. The minimum absolute atomic E-state index is 0.570. The number of hydrogen-bond donors (Lipinski definition) is 0. The standard InChI is InChI=1S/C22H29N5O3/c1-3-30-24-16-19-4-7-21(8-5-19)29-15-12-18-10-13-27(14-11-18)22-9-6-20(25-26-22)17-23-28-2/h4-9,16-18H,3,10-15H2,1-2H3. The Hall–Kier alpha value is -3.16. The minimum atomic E-state index is 0.570. The predicted molar refractivity (Wildman–Crippen MR) is 117 cm³/mol. The molecular weight excluding hydrogens is 382 g/mol. The summed E-state index contributed by atoms with van der Waals surface area (Å²) in [6.45, 7) is 5.17. The number of rotatable bonds is 10. The molecule has 2 heterocycles. The van der Waals surface area contributed by atoms with Gasteiger partial charge in [0.25, 0.3) is 0 Å². The lowest BCUT2D eigenvalue weighted by atomic mass is 9.94. The number of oxime groups is 2. The normalized spacial score (nSPS) is 15.1. The molecule has 0 aliphatic carbocycles. The van der Waals surface area contributed by atoms with Crippen molar-refractivity contribution >= 4 is 18.2 Å². The molecule has 2 aromatic rings. The average Bonchev–Trinajstić information content (AvgIpc) is 2.80. The minimum Gasteiger partial charge on any atom is -0.494 e. The summed E-state index contributed by atoms with van der Waals surface area (Å²) in [5.41, 5.74) is 1.67. The van der Waals surface area contributed by atoms with E-state index in [0.29, 0.717) is 18.2 Å². The van der Waals surface area contributed by atoms with Crippen LogP contribution >= 0.6 is 0 Å². The van der Waals surface area contributed by atoms with Gasteiger partial charge in [-0.3, -0.25) is 0 Å². The lowest BCUT2D eigenvalue weighted by Crippen LogP contribution is -2.34. The lowest BCUT2D eigenvalue weighted by Gasteiger charge is -2.32. The Morgan fingerprint density at radius 1 is 1.03 bits per heavy atom. The van der Waals surface area contributed by atoms with Crippen molar-refractivity contribution < 1.29 is 14.4 Å². The van der Waals surface area contributed by atoms with Crippen molar-refractivity contribution in [3.8, 4) is 5.75 Å². The molecule has 1 saturated heterocycles. The van der Waals surface area contributed by atoms with Crippen LogP contribution in [-0.4, -0.2) is 56.0 Å². The molecule has 0 radical (unpaired) electrons. The number of nitrogens with zero attached hydrogens (tertiary/aromatic N) is 5. The van der Waals surface area contributed by atoms with E-state index in [4.69, 9.17) is 9.57 Å². The van der Waals surface area contributed by atoms with E-state index in [2.05, 4.69) is 30.2 Å². The Kier molecular flexibility index (Phi) is 8.44. The van der Waals surface area contributed by atoms with Crippen molar-refractivity contribution in [2.45, 2.75) is 26.2 Å². The largest absolute Gasteiger partial charge is 0.494 e. The molecular formula is C22H29N5O3. The van der Waals surface area contributed by atoms with E-state index in [-0.39, 0.29) is 0 Å². The third-order valence-electron chi connectivity index (χ3n) is 4.98. The summed E-state index contributed by atoms with van der Waals surface area (Å²) < 4.78 is 5.91. The Morgan fingerprint density at radius 2 is 1.83 bits per heavy atom. The van der Waals surface area contributed by atoms with Crippen molar-refractivity contribution in [3.05, 3.63) is 47.7 Å². The number of piperidine rings is 1. The molecule has 0 saturated carbocycles. The zero-order chi connectivity index (χ0) is 21.0. The van der Waals surface area contributed by atoms with E-state index in [1.54, 1.807) is 12.4 Å². The van der Waals surface area contributed by atoms with Crippen LogP contribution in [0.4, 0.5) is 5.82 Å². The molecule has 0 spiro atoms. The maximum Gasteiger partial charge on any atom is 0.151 e. The van der Waals surface area contributed by atoms with Crippen molar-refractivity contribution in [1.82, 2.24) is 10.2 Å². The van der Waals surface area contributed by atoms with Crippen LogP contribution in [0.15, 0.2) is 46.7 Å². The summed E-state index contributed by atoms with van der Waals surface area (Å²) in [6, 6.07) is 11.8. The molecule has 8 nitrogen and oxygen atoms in total. The zero-order valence-electron chi connectivity index (χ0n) is 17.6. The van der Waals surface area contributed by atoms with Crippen molar-refractivity contribution in [2.75, 3.05) is 38.3 Å². The smallest absolute Gasteiger partial charge is 0.151 e. The third kappa shape index (κ3) is 6.72. The van der Waals surface area contributed by atoms with Gasteiger partial charge in [0.15, 0.2) is 5.82 Å². The van der Waals surface area contributed by atoms with E-state index in [9.17, 15) is 0 Å². The molecule has 1 fully saturated rings. The van der Waals surface area contributed by atoms with Crippen LogP contribution in [0, 0.1) is 5.92 Å². The van der Waals surface area contributed by atoms with Gasteiger partial charge >= 0.3 is 0 Å². The number of anilines is 1. The van der Waals surface area contributed by atoms with Gasteiger partial charge in [-0.2, -0.15) is 0 Å². The summed E-state index contributed by atoms with van der Waals surface area (Å²) in [7, 11) is 1.50. The molecule has 0 amide bonds. The topological polar surface area (TPSA) is 81.4 Å². The molecule has 1 aromatic carbocycles. The van der Waals surface area contributed by atoms with Gasteiger partial charge in [-0.15, -0.1) is 10.2 Å². The highest BCUT2D eigenvalue weighted by molar-refractivity contribution is 5.79. The third-order valence-corrected chi connectivity index (χ3v) is 4.98. The van der Waals surface area contributed by atoms with E-state index in [0.717, 1.165) is 56.1 Å². The van der Waals surface area contributed by atoms with Gasteiger partial charge in [0.1, 0.15) is 25.2 Å². The summed E-state index contributed by atoms with van der Waals surface area (Å²) >= 11 is 0. The van der Waals surface area contributed by atoms with Crippen LogP contribution < -0.4 is 9.64 Å². The molecule has 0 N–H and O–H groups in total. The summed E-state index contributed by atoms with van der Waals surface area (Å²) in [5.74, 6) is 2.46. The number of aromatic nitrogens is 2. The lowest BCUT2D eigenvalue weighted by molar-refractivity contribution is 0.160. The first-order chi connectivity index (χ1) is 14.8. The van der Waals surface area contributed by atoms with Crippen LogP contribution in [0.25, 0.3) is 0 Å². The van der Waals surface area contributed by atoms with Gasteiger partial charge < -0.3 is 19.3 Å². The number of hydrogen-bond acceptors (Lipinski definition) is 8. The molecule has 0 bridgehead atoms. The number of ether oxygens (including phenoxy) is 1. The Labute approximate surface area is 177 Å². The predicted octanol–water partition coefficient (Wildman–Crippen LogP) is 3.51. The van der Waals surface area contributed by atoms with Crippen molar-refractivity contribution in [1.29, 1.82) is 0 Å². The van der Waals surface area contributed by atoms with Gasteiger partial charge in [0, 0.05) is 13.1 Å². The summed E-state index contributed by atoms with van der Waals surface area (Å²) in [6.07, 6.45) is 6.56. The van der Waals surface area contributed by atoms with Gasteiger partial charge in [-0.25, -0.2) is 0 Å². The fourth-order valence-corrected chi connectivity index (χ4v) is 3.30. The highest BCUT2D eigenvalue weighted by Crippen LogP contribution is 2.24. The summed E-state index contributed by atoms with van der Waals surface area (Å²) in [5, 5.41) is 16.0. The highest BCUT2D eigenvalue weighted by Gasteiger charge is 2.20. The first-order valence-corrected chi connectivity index (χ1v) is 10.3. The molecule has 160 valence electrons. The highest BCUT2D eigenvalue weighted by atomic mass is 16.6. The second-order valence-corrected chi connectivity index (χ2v) is 7.02. The average molecular weight is 412 g/mol. The number of benzene rings is 1. The summed E-state index contributed by atoms with van der Waals surface area (Å²) in [4.78, 5) is 11.9. The van der Waals surface area contributed by atoms with Gasteiger partial charge in [0.2, 0.25) is 0 Å². The molecule has 1 aliphatic rings. The first kappa shape index (κ1) is 21.5. The van der Waals surface area contributed by atoms with Gasteiger partial charge in [-0.05, 0) is 74.1 Å². The van der Waals surface area contributed by atoms with Gasteiger partial charge in [-0.1, -0.05) is 10.3 Å². The van der Waals surface area contributed by atoms with Crippen molar-refractivity contribution in [3.63, 3.8) is 0 Å². The SMILES string of the molecule is CCON=Cc1ccc(OCCC2CCN(c3ccc(C=NOC)nn3)CC2)cc1. The Bertz CT molecular complexity index is 801. The molecule has 3 rings (SSSR count). The fraction of sp³-hybridized carbons (Fsp3) is 0.455. The van der Waals surface area contributed by atoms with Crippen molar-refractivity contribution in [2.24, 2.45) is 16.2 Å².